The summed E-state index contributed by atoms with van der Waals surface area (Å²) in [4.78, 5) is 28.1. The lowest BCUT2D eigenvalue weighted by atomic mass is 9.85. The molecule has 1 aromatic carbocycles. The van der Waals surface area contributed by atoms with Crippen molar-refractivity contribution in [3.05, 3.63) is 39.0 Å². The topological polar surface area (TPSA) is 166 Å². The molecular formula is C18H18BrFN8O4. The molecule has 0 radical (unpaired) electrons. The number of carbonyl (C=O) groups excluding carboxylic acids is 1. The van der Waals surface area contributed by atoms with E-state index in [1.54, 1.807) is 0 Å². The van der Waals surface area contributed by atoms with Gasteiger partial charge in [-0.3, -0.25) is 19.6 Å². The van der Waals surface area contributed by atoms with Gasteiger partial charge in [0.25, 0.3) is 0 Å². The number of benzene rings is 1. The summed E-state index contributed by atoms with van der Waals surface area (Å²) in [6.07, 6.45) is 2.78. The number of nitrogens with one attached hydrogen (secondary N) is 2. The molecule has 1 aliphatic carbocycles. The second-order valence-electron chi connectivity index (χ2n) is 6.98. The number of hydrogen-bond acceptors (Lipinski definition) is 9. The molecule has 32 heavy (non-hydrogen) atoms. The van der Waals surface area contributed by atoms with E-state index in [1.807, 2.05) is 0 Å². The van der Waals surface area contributed by atoms with Crippen LogP contribution in [0.5, 0.6) is 0 Å². The maximum absolute atomic E-state index is 13.6. The molecule has 1 fully saturated rings. The second kappa shape index (κ2) is 9.30. The zero-order valence-electron chi connectivity index (χ0n) is 16.5. The first kappa shape index (κ1) is 21.7. The predicted octanol–water partition coefficient (Wildman–Crippen LogP) is 1.42. The summed E-state index contributed by atoms with van der Waals surface area (Å²) in [6, 6.07) is 3.97. The number of nitrogens with two attached hydrogens (primary N) is 1. The normalized spacial score (nSPS) is 14.2. The quantitative estimate of drug-likeness (QED) is 0.243. The van der Waals surface area contributed by atoms with Crippen LogP contribution in [0.4, 0.5) is 10.2 Å². The molecule has 4 N–H and O–H groups in total. The Bertz CT molecular complexity index is 1220. The number of amides is 1. The Labute approximate surface area is 188 Å². The van der Waals surface area contributed by atoms with Crippen molar-refractivity contribution in [2.45, 2.75) is 19.3 Å². The second-order valence-corrected chi connectivity index (χ2v) is 7.83. The average Bonchev–Trinajstić information content (AvgIpc) is 3.32. The lowest BCUT2D eigenvalue weighted by Gasteiger charge is -2.23. The van der Waals surface area contributed by atoms with E-state index in [4.69, 9.17) is 14.9 Å². The van der Waals surface area contributed by atoms with Crippen molar-refractivity contribution >= 4 is 33.6 Å². The van der Waals surface area contributed by atoms with Gasteiger partial charge in [-0.1, -0.05) is 11.6 Å². The van der Waals surface area contributed by atoms with Crippen LogP contribution in [-0.4, -0.2) is 45.0 Å². The molecule has 0 unspecified atom stereocenters. The number of halogens is 2. The molecule has 4 rings (SSSR count). The monoisotopic (exact) mass is 508 g/mol. The van der Waals surface area contributed by atoms with Crippen LogP contribution in [0.1, 0.15) is 19.3 Å². The molecule has 0 atom stereocenters. The highest BCUT2D eigenvalue weighted by atomic mass is 79.9. The van der Waals surface area contributed by atoms with E-state index in [1.165, 1.54) is 18.2 Å². The minimum absolute atomic E-state index is 0.00688. The third kappa shape index (κ3) is 4.54. The molecule has 0 bridgehead atoms. The standard InChI is InChI=1S/C18H18BrFN8O4/c19-11-8-10(4-5-12(11)20)28-15(27-31-18(28)30)13-14(26-32-25-13)22-6-7-23-17(21)24-16(29)9-2-1-3-9/h4-5,8-9H,1-3,6-7H2,(H,22,26)(H3,21,23,24,29). The molecule has 3 aromatic rings. The lowest BCUT2D eigenvalue weighted by molar-refractivity contribution is -0.125. The first-order chi connectivity index (χ1) is 15.4. The van der Waals surface area contributed by atoms with Gasteiger partial charge < -0.3 is 11.1 Å². The van der Waals surface area contributed by atoms with E-state index < -0.39 is 11.6 Å². The van der Waals surface area contributed by atoms with Gasteiger partial charge in [-0.2, -0.15) is 0 Å². The van der Waals surface area contributed by atoms with E-state index in [2.05, 4.69) is 47.0 Å². The fraction of sp³-hybridized carbons (Fsp3) is 0.333. The number of rotatable bonds is 7. The fourth-order valence-electron chi connectivity index (χ4n) is 2.99. The zero-order chi connectivity index (χ0) is 22.7. The summed E-state index contributed by atoms with van der Waals surface area (Å²) in [5, 5.41) is 16.8. The molecule has 1 saturated carbocycles. The lowest BCUT2D eigenvalue weighted by Crippen LogP contribution is -2.42. The molecule has 1 amide bonds. The summed E-state index contributed by atoms with van der Waals surface area (Å²) in [5.74, 6) is -1.18. The highest BCUT2D eigenvalue weighted by Crippen LogP contribution is 2.27. The highest BCUT2D eigenvalue weighted by molar-refractivity contribution is 9.10. The molecule has 168 valence electrons. The maximum Gasteiger partial charge on any atom is 0.446 e. The number of aromatic nitrogens is 4. The summed E-state index contributed by atoms with van der Waals surface area (Å²) in [7, 11) is 0. The average molecular weight is 509 g/mol. The first-order valence-electron chi connectivity index (χ1n) is 9.65. The van der Waals surface area contributed by atoms with Crippen LogP contribution in [0, 0.1) is 11.7 Å². The number of hydrogen-bond donors (Lipinski definition) is 3. The van der Waals surface area contributed by atoms with Gasteiger partial charge in [-0.05, 0) is 57.3 Å². The third-order valence-electron chi connectivity index (χ3n) is 4.88. The first-order valence-corrected chi connectivity index (χ1v) is 10.4. The van der Waals surface area contributed by atoms with Crippen LogP contribution in [0.2, 0.25) is 0 Å². The van der Waals surface area contributed by atoms with Gasteiger partial charge in [0.1, 0.15) is 5.82 Å². The Morgan fingerprint density at radius 1 is 1.34 bits per heavy atom. The Kier molecular flexibility index (Phi) is 6.30. The smallest absolute Gasteiger partial charge is 0.370 e. The van der Waals surface area contributed by atoms with Gasteiger partial charge in [0.15, 0.2) is 11.7 Å². The molecule has 1 aliphatic rings. The molecule has 2 aromatic heterocycles. The van der Waals surface area contributed by atoms with Crippen LogP contribution < -0.4 is 22.1 Å². The van der Waals surface area contributed by atoms with Crippen LogP contribution in [0.3, 0.4) is 0 Å². The number of guanidine groups is 1. The largest absolute Gasteiger partial charge is 0.446 e. The summed E-state index contributed by atoms with van der Waals surface area (Å²) >= 11 is 3.08. The van der Waals surface area contributed by atoms with E-state index >= 15 is 0 Å². The molecule has 12 nitrogen and oxygen atoms in total. The van der Waals surface area contributed by atoms with Crippen molar-refractivity contribution in [3.63, 3.8) is 0 Å². The highest BCUT2D eigenvalue weighted by Gasteiger charge is 2.25. The zero-order valence-corrected chi connectivity index (χ0v) is 18.1. The molecule has 0 spiro atoms. The molecule has 2 heterocycles. The van der Waals surface area contributed by atoms with E-state index in [0.717, 1.165) is 23.8 Å². The summed E-state index contributed by atoms with van der Waals surface area (Å²) < 4.78 is 24.4. The van der Waals surface area contributed by atoms with Gasteiger partial charge >= 0.3 is 5.76 Å². The molecule has 0 aliphatic heterocycles. The Balaban J connectivity index is 1.44. The van der Waals surface area contributed by atoms with Crippen molar-refractivity contribution < 1.29 is 18.3 Å². The summed E-state index contributed by atoms with van der Waals surface area (Å²) in [6.45, 7) is 0.491. The SMILES string of the molecule is NC(=NCCNc1nonc1-c1noc(=O)n1-c1ccc(F)c(Br)c1)NC(=O)C1CCC1. The number of nitrogens with zero attached hydrogens (tertiary/aromatic N) is 5. The van der Waals surface area contributed by atoms with Crippen LogP contribution in [0.15, 0.2) is 41.6 Å². The number of carbonyl (C=O) groups is 1. The molecule has 14 heteroatoms. The van der Waals surface area contributed by atoms with Crippen molar-refractivity contribution in [3.8, 4) is 17.2 Å². The Morgan fingerprint density at radius 3 is 2.88 bits per heavy atom. The third-order valence-corrected chi connectivity index (χ3v) is 5.49. The van der Waals surface area contributed by atoms with Gasteiger partial charge in [-0.25, -0.2) is 18.4 Å². The van der Waals surface area contributed by atoms with Gasteiger partial charge in [0.2, 0.25) is 17.5 Å². The van der Waals surface area contributed by atoms with Crippen LogP contribution in [-0.2, 0) is 4.79 Å². The summed E-state index contributed by atoms with van der Waals surface area (Å²) in [5.41, 5.74) is 6.14. The molecule has 0 saturated heterocycles. The van der Waals surface area contributed by atoms with Crippen molar-refractivity contribution in [1.29, 1.82) is 0 Å². The number of aliphatic imine (C=N–C) groups is 1. The Morgan fingerprint density at radius 2 is 2.16 bits per heavy atom. The van der Waals surface area contributed by atoms with E-state index in [9.17, 15) is 14.0 Å². The fourth-order valence-corrected chi connectivity index (χ4v) is 3.36. The predicted molar refractivity (Wildman–Crippen MR) is 114 cm³/mol. The van der Waals surface area contributed by atoms with Gasteiger partial charge in [0.05, 0.1) is 16.7 Å². The van der Waals surface area contributed by atoms with E-state index in [0.29, 0.717) is 5.69 Å². The van der Waals surface area contributed by atoms with Crippen LogP contribution in [0.25, 0.3) is 17.2 Å². The number of anilines is 1. The van der Waals surface area contributed by atoms with E-state index in [-0.39, 0.29) is 52.7 Å². The maximum atomic E-state index is 13.6. The minimum atomic E-state index is -0.799. The van der Waals surface area contributed by atoms with Crippen LogP contribution >= 0.6 is 15.9 Å². The van der Waals surface area contributed by atoms with Crippen molar-refractivity contribution in [1.82, 2.24) is 25.4 Å². The minimum Gasteiger partial charge on any atom is -0.370 e. The van der Waals surface area contributed by atoms with Crippen molar-refractivity contribution in [2.75, 3.05) is 18.4 Å². The van der Waals surface area contributed by atoms with Gasteiger partial charge in [-0.15, -0.1) is 0 Å². The van der Waals surface area contributed by atoms with Gasteiger partial charge in [0, 0.05) is 12.5 Å². The van der Waals surface area contributed by atoms with Crippen molar-refractivity contribution in [2.24, 2.45) is 16.6 Å². The molecular weight excluding hydrogens is 491 g/mol. The Hall–Kier alpha value is -3.55.